The molecule has 4 rings (SSSR count). The number of halogens is 1. The van der Waals surface area contributed by atoms with Crippen LogP contribution >= 0.6 is 22.9 Å². The summed E-state index contributed by atoms with van der Waals surface area (Å²) in [6.45, 7) is 5.69. The van der Waals surface area contributed by atoms with Gasteiger partial charge in [0.25, 0.3) is 11.5 Å². The highest BCUT2D eigenvalue weighted by Crippen LogP contribution is 2.29. The number of carbonyl (C=O) groups excluding carboxylic acids is 2. The van der Waals surface area contributed by atoms with Gasteiger partial charge in [0.1, 0.15) is 11.5 Å². The van der Waals surface area contributed by atoms with Gasteiger partial charge in [0, 0.05) is 35.5 Å². The Kier molecular flexibility index (Phi) is 6.77. The molecule has 0 aliphatic heterocycles. The van der Waals surface area contributed by atoms with E-state index in [9.17, 15) is 14.4 Å². The van der Waals surface area contributed by atoms with E-state index in [1.807, 2.05) is 44.9 Å². The molecule has 0 saturated heterocycles. The van der Waals surface area contributed by atoms with Gasteiger partial charge in [-0.3, -0.25) is 19.0 Å². The Hall–Kier alpha value is -3.50. The second-order valence-electron chi connectivity index (χ2n) is 9.05. The monoisotopic (exact) mass is 513 g/mol. The number of aromatic nitrogens is 4. The molecule has 11 heteroatoms. The molecule has 0 aromatic carbocycles. The van der Waals surface area contributed by atoms with Gasteiger partial charge >= 0.3 is 0 Å². The lowest BCUT2D eigenvalue weighted by Crippen LogP contribution is -2.31. The second-order valence-corrected chi connectivity index (χ2v) is 10.9. The van der Waals surface area contributed by atoms with Crippen LogP contribution in [-0.2, 0) is 13.1 Å². The first kappa shape index (κ1) is 24.6. The zero-order valence-corrected chi connectivity index (χ0v) is 21.3. The van der Waals surface area contributed by atoms with Crippen LogP contribution in [0.5, 0.6) is 0 Å². The fourth-order valence-electron chi connectivity index (χ4n) is 3.48. The fourth-order valence-corrected chi connectivity index (χ4v) is 4.62. The Bertz CT molecular complexity index is 1430. The van der Waals surface area contributed by atoms with Gasteiger partial charge in [-0.2, -0.15) is 9.78 Å². The molecule has 9 nitrogen and oxygen atoms in total. The van der Waals surface area contributed by atoms with Crippen molar-refractivity contribution in [3.8, 4) is 11.4 Å². The first-order valence-corrected chi connectivity index (χ1v) is 12.0. The first-order chi connectivity index (χ1) is 16.5. The second kappa shape index (κ2) is 9.63. The lowest BCUT2D eigenvalue weighted by atomic mass is 9.96. The number of rotatable bonds is 7. The third kappa shape index (κ3) is 5.28. The SMILES string of the molecule is CN(Cc1ccc(Cl)s1)c1cc(-c2cccc(=O)n2CC(=O)c2ccno2)nn1C(=O)C(C)(C)C. The van der Waals surface area contributed by atoms with E-state index in [-0.39, 0.29) is 23.8 Å². The quantitative estimate of drug-likeness (QED) is 0.332. The van der Waals surface area contributed by atoms with Crippen molar-refractivity contribution in [2.24, 2.45) is 5.41 Å². The fraction of sp³-hybridized carbons (Fsp3) is 0.292. The van der Waals surface area contributed by atoms with Gasteiger partial charge in [-0.25, -0.2) is 0 Å². The molecule has 0 radical (unpaired) electrons. The maximum absolute atomic E-state index is 13.3. The zero-order valence-electron chi connectivity index (χ0n) is 19.7. The Morgan fingerprint density at radius 1 is 1.17 bits per heavy atom. The molecule has 0 aliphatic carbocycles. The molecule has 0 fully saturated rings. The molecule has 0 aliphatic rings. The number of hydrogen-bond acceptors (Lipinski definition) is 8. The summed E-state index contributed by atoms with van der Waals surface area (Å²) in [5.41, 5.74) is -0.296. The molecule has 0 saturated carbocycles. The minimum atomic E-state index is -0.705. The van der Waals surface area contributed by atoms with Crippen molar-refractivity contribution in [2.45, 2.75) is 33.9 Å². The van der Waals surface area contributed by atoms with Crippen molar-refractivity contribution in [1.82, 2.24) is 19.5 Å². The Morgan fingerprint density at radius 3 is 2.57 bits per heavy atom. The number of Topliss-reactive ketones (excluding diaryl/α,β-unsaturated/α-hetero) is 1. The Balaban J connectivity index is 1.78. The van der Waals surface area contributed by atoms with Crippen molar-refractivity contribution >= 4 is 40.4 Å². The molecule has 0 N–H and O–H groups in total. The largest absolute Gasteiger partial charge is 0.354 e. The summed E-state index contributed by atoms with van der Waals surface area (Å²) >= 11 is 7.54. The van der Waals surface area contributed by atoms with Crippen molar-refractivity contribution in [3.05, 3.63) is 74.0 Å². The van der Waals surface area contributed by atoms with E-state index in [2.05, 4.69) is 10.3 Å². The number of thiophene rings is 1. The van der Waals surface area contributed by atoms with Crippen LogP contribution in [0, 0.1) is 5.41 Å². The topological polar surface area (TPSA) is 103 Å². The average molecular weight is 514 g/mol. The molecule has 0 unspecified atom stereocenters. The number of ketones is 1. The summed E-state index contributed by atoms with van der Waals surface area (Å²) in [7, 11) is 1.85. The minimum Gasteiger partial charge on any atom is -0.354 e. The highest BCUT2D eigenvalue weighted by Gasteiger charge is 2.29. The van der Waals surface area contributed by atoms with Crippen molar-refractivity contribution in [3.63, 3.8) is 0 Å². The lowest BCUT2D eigenvalue weighted by molar-refractivity contribution is 0.0750. The van der Waals surface area contributed by atoms with Crippen LogP contribution in [0.2, 0.25) is 4.34 Å². The summed E-state index contributed by atoms with van der Waals surface area (Å²) in [6, 6.07) is 11.6. The van der Waals surface area contributed by atoms with Crippen molar-refractivity contribution in [2.75, 3.05) is 11.9 Å². The predicted octanol–water partition coefficient (Wildman–Crippen LogP) is 4.62. The van der Waals surface area contributed by atoms with Gasteiger partial charge in [-0.05, 0) is 18.2 Å². The molecule has 0 atom stereocenters. The third-order valence-electron chi connectivity index (χ3n) is 5.26. The molecule has 0 amide bonds. The van der Waals surface area contributed by atoms with Crippen molar-refractivity contribution in [1.29, 1.82) is 0 Å². The van der Waals surface area contributed by atoms with E-state index in [1.165, 1.54) is 38.9 Å². The molecule has 4 aromatic rings. The van der Waals surface area contributed by atoms with E-state index < -0.39 is 11.2 Å². The zero-order chi connectivity index (χ0) is 25.3. The minimum absolute atomic E-state index is 0.0511. The molecule has 0 spiro atoms. The van der Waals surface area contributed by atoms with Gasteiger partial charge in [-0.15, -0.1) is 11.3 Å². The number of carbonyl (C=O) groups is 2. The van der Waals surface area contributed by atoms with Gasteiger partial charge in [0.05, 0.1) is 29.3 Å². The summed E-state index contributed by atoms with van der Waals surface area (Å²) < 4.78 is 8.28. The molecular weight excluding hydrogens is 490 g/mol. The van der Waals surface area contributed by atoms with Gasteiger partial charge < -0.3 is 9.42 Å². The summed E-state index contributed by atoms with van der Waals surface area (Å²) in [5.74, 6) is -0.0180. The van der Waals surface area contributed by atoms with E-state index in [0.717, 1.165) is 4.88 Å². The van der Waals surface area contributed by atoms with Crippen LogP contribution in [0.4, 0.5) is 5.82 Å². The van der Waals surface area contributed by atoms with E-state index >= 15 is 0 Å². The number of nitrogens with zero attached hydrogens (tertiary/aromatic N) is 5. The van der Waals surface area contributed by atoms with Crippen LogP contribution in [0.3, 0.4) is 0 Å². The molecule has 182 valence electrons. The molecule has 35 heavy (non-hydrogen) atoms. The smallest absolute Gasteiger partial charge is 0.254 e. The standard InChI is InChI=1S/C24H24ClN5O4S/c1-24(2,3)23(33)30-21(28(4)13-15-8-9-20(25)35-15)12-16(27-30)17-6-5-7-22(32)29(17)14-18(31)19-10-11-26-34-19/h5-12H,13-14H2,1-4H3. The van der Waals surface area contributed by atoms with Gasteiger partial charge in [0.15, 0.2) is 0 Å². The summed E-state index contributed by atoms with van der Waals surface area (Å²) in [6.07, 6.45) is 1.37. The van der Waals surface area contributed by atoms with Crippen LogP contribution in [0.1, 0.15) is 41.0 Å². The molecule has 0 bridgehead atoms. The predicted molar refractivity (Wildman–Crippen MR) is 134 cm³/mol. The lowest BCUT2D eigenvalue weighted by Gasteiger charge is -2.22. The van der Waals surface area contributed by atoms with Gasteiger partial charge in [0.2, 0.25) is 11.5 Å². The summed E-state index contributed by atoms with van der Waals surface area (Å²) in [4.78, 5) is 41.6. The number of anilines is 1. The number of hydrogen-bond donors (Lipinski definition) is 0. The van der Waals surface area contributed by atoms with E-state index in [0.29, 0.717) is 28.1 Å². The van der Waals surface area contributed by atoms with Crippen molar-refractivity contribution < 1.29 is 14.1 Å². The maximum Gasteiger partial charge on any atom is 0.254 e. The molecular formula is C24H24ClN5O4S. The van der Waals surface area contributed by atoms with Gasteiger partial charge in [-0.1, -0.05) is 43.6 Å². The highest BCUT2D eigenvalue weighted by atomic mass is 35.5. The van der Waals surface area contributed by atoms with E-state index in [4.69, 9.17) is 16.1 Å². The normalized spacial score (nSPS) is 11.6. The van der Waals surface area contributed by atoms with Crippen LogP contribution in [-0.4, -0.2) is 38.2 Å². The number of pyridine rings is 1. The summed E-state index contributed by atoms with van der Waals surface area (Å²) in [5, 5.41) is 8.13. The van der Waals surface area contributed by atoms with Crippen LogP contribution in [0.15, 0.2) is 58.0 Å². The maximum atomic E-state index is 13.3. The average Bonchev–Trinajstić information content (AvgIpc) is 3.55. The van der Waals surface area contributed by atoms with Crippen LogP contribution < -0.4 is 10.5 Å². The highest BCUT2D eigenvalue weighted by molar-refractivity contribution is 7.16. The Morgan fingerprint density at radius 2 is 1.94 bits per heavy atom. The molecule has 4 heterocycles. The Labute approximate surface area is 210 Å². The van der Waals surface area contributed by atoms with E-state index in [1.54, 1.807) is 18.2 Å². The molecule has 4 aromatic heterocycles. The van der Waals surface area contributed by atoms with Crippen LogP contribution in [0.25, 0.3) is 11.4 Å². The third-order valence-corrected chi connectivity index (χ3v) is 6.48. The first-order valence-electron chi connectivity index (χ1n) is 10.8.